The number of carbonyl (C=O) groups is 6. The smallest absolute Gasteiger partial charge is 0.264 e. The Morgan fingerprint density at radius 2 is 1.74 bits per heavy atom. The van der Waals surface area contributed by atoms with Gasteiger partial charge >= 0.3 is 0 Å². The number of amides is 6. The summed E-state index contributed by atoms with van der Waals surface area (Å²) >= 11 is 0. The first-order valence-electron chi connectivity index (χ1n) is 22.4. The number of likely N-dealkylation sites (tertiary alicyclic amines) is 2. The molecular weight excluding hydrogens is 869 g/mol. The number of ether oxygens (including phenoxy) is 1. The van der Waals surface area contributed by atoms with E-state index in [0.717, 1.165) is 27.5 Å². The van der Waals surface area contributed by atoms with Crippen LogP contribution in [0.25, 0.3) is 22.3 Å². The van der Waals surface area contributed by atoms with E-state index >= 15 is 0 Å². The lowest BCUT2D eigenvalue weighted by atomic mass is 9.97. The van der Waals surface area contributed by atoms with E-state index in [1.54, 1.807) is 23.1 Å². The highest BCUT2D eigenvalue weighted by Crippen LogP contribution is 2.36. The minimum absolute atomic E-state index is 0.0146. The number of aromatic nitrogens is 4. The SMILES string of the molecule is CN1C(=O)CCC(N2C(=O)c3cccc(NCC(=O)NCCCN(C)C(C)(C)C=C(C#N)C(=O)N4CCC[C@@H](n5nc(-c6ccc(Oc7ccccc7)cc6)c6c(N)ncnc65)C4)c3C2=O)C1=O. The summed E-state index contributed by atoms with van der Waals surface area (Å²) in [6, 6.07) is 22.5. The number of piperidine rings is 2. The van der Waals surface area contributed by atoms with Gasteiger partial charge in [0.2, 0.25) is 11.8 Å². The van der Waals surface area contributed by atoms with Crippen molar-refractivity contribution in [1.29, 1.82) is 5.26 Å². The number of nitrogens with one attached hydrogen (secondary N) is 2. The minimum Gasteiger partial charge on any atom is -0.457 e. The van der Waals surface area contributed by atoms with Crippen LogP contribution in [0.2, 0.25) is 0 Å². The van der Waals surface area contributed by atoms with Crippen LogP contribution in [0.4, 0.5) is 11.5 Å². The van der Waals surface area contributed by atoms with Gasteiger partial charge in [-0.15, -0.1) is 0 Å². The third-order valence-corrected chi connectivity index (χ3v) is 12.8. The molecule has 4 N–H and O–H groups in total. The Labute approximate surface area is 392 Å². The number of fused-ring (bicyclic) bond motifs is 2. The van der Waals surface area contributed by atoms with Crippen LogP contribution in [0.1, 0.15) is 72.7 Å². The number of hydrogen-bond acceptors (Lipinski definition) is 14. The normalized spacial score (nSPS) is 17.7. The van der Waals surface area contributed by atoms with Crippen LogP contribution in [0, 0.1) is 11.3 Å². The van der Waals surface area contributed by atoms with E-state index in [2.05, 4.69) is 26.7 Å². The molecular formula is C49H52N12O7. The molecule has 2 atom stereocenters. The van der Waals surface area contributed by atoms with Crippen molar-refractivity contribution in [3.63, 3.8) is 0 Å². The Balaban J connectivity index is 0.850. The van der Waals surface area contributed by atoms with Crippen LogP contribution in [-0.2, 0) is 19.2 Å². The number of likely N-dealkylation sites (N-methyl/N-ethyl adjacent to an activating group) is 2. The summed E-state index contributed by atoms with van der Waals surface area (Å²) in [6.07, 6.45) is 5.09. The van der Waals surface area contributed by atoms with Crippen molar-refractivity contribution >= 4 is 58.0 Å². The van der Waals surface area contributed by atoms with E-state index in [4.69, 9.17) is 15.6 Å². The molecule has 8 rings (SSSR count). The standard InChI is InChI=1S/C49H52N12O7/c1-49(2,57(3)23-10-22-52-38(62)27-53-36-15-8-14-35-40(36)48(67)60(46(35)65)37-20-21-39(63)58(4)47(37)66)25-31(26-50)45(64)59-24-9-11-32(28-59)61-44-41(43(51)54-29-55-44)42(56-61)30-16-18-34(19-17-30)68-33-12-6-5-7-13-33/h5-8,12-19,25,29,32,37,53H,9-11,20-24,27-28H2,1-4H3,(H,52,62)(H2,51,54,55)/t32-,37?/m1/s1. The summed E-state index contributed by atoms with van der Waals surface area (Å²) in [4.78, 5) is 93.0. The van der Waals surface area contributed by atoms with Gasteiger partial charge in [-0.3, -0.25) is 43.5 Å². The molecule has 5 aromatic rings. The third kappa shape index (κ3) is 9.35. The van der Waals surface area contributed by atoms with E-state index in [9.17, 15) is 34.0 Å². The molecule has 0 bridgehead atoms. The molecule has 2 aromatic heterocycles. The molecule has 3 aliphatic rings. The van der Waals surface area contributed by atoms with Crippen LogP contribution < -0.4 is 21.1 Å². The third-order valence-electron chi connectivity index (χ3n) is 12.8. The number of nitrogen functional groups attached to an aromatic ring is 1. The molecule has 0 radical (unpaired) electrons. The molecule has 0 aliphatic carbocycles. The second-order valence-corrected chi connectivity index (χ2v) is 17.6. The Morgan fingerprint density at radius 3 is 2.49 bits per heavy atom. The van der Waals surface area contributed by atoms with Crippen molar-refractivity contribution in [2.75, 3.05) is 57.9 Å². The summed E-state index contributed by atoms with van der Waals surface area (Å²) in [6.45, 7) is 5.22. The number of nitrogens with two attached hydrogens (primary N) is 1. The summed E-state index contributed by atoms with van der Waals surface area (Å²) < 4.78 is 7.80. The van der Waals surface area contributed by atoms with Gasteiger partial charge in [0.15, 0.2) is 5.65 Å². The summed E-state index contributed by atoms with van der Waals surface area (Å²) in [5.41, 5.74) is 8.13. The van der Waals surface area contributed by atoms with E-state index in [1.165, 1.54) is 19.4 Å². The summed E-state index contributed by atoms with van der Waals surface area (Å²) in [7, 11) is 3.21. The van der Waals surface area contributed by atoms with Gasteiger partial charge in [0.05, 0.1) is 29.1 Å². The van der Waals surface area contributed by atoms with Crippen molar-refractivity contribution in [2.24, 2.45) is 0 Å². The van der Waals surface area contributed by atoms with Gasteiger partial charge in [-0.1, -0.05) is 24.3 Å². The highest BCUT2D eigenvalue weighted by atomic mass is 16.5. The zero-order valence-corrected chi connectivity index (χ0v) is 38.3. The first-order valence-corrected chi connectivity index (χ1v) is 22.4. The second kappa shape index (κ2) is 19.5. The largest absolute Gasteiger partial charge is 0.457 e. The predicted octanol–water partition coefficient (Wildman–Crippen LogP) is 4.55. The fourth-order valence-corrected chi connectivity index (χ4v) is 8.81. The lowest BCUT2D eigenvalue weighted by Gasteiger charge is -2.35. The molecule has 68 heavy (non-hydrogen) atoms. The Kier molecular flexibility index (Phi) is 13.3. The van der Waals surface area contributed by atoms with Crippen molar-refractivity contribution < 1.29 is 33.5 Å². The van der Waals surface area contributed by atoms with Gasteiger partial charge in [0, 0.05) is 56.4 Å². The van der Waals surface area contributed by atoms with Gasteiger partial charge in [0.1, 0.15) is 47.0 Å². The first-order chi connectivity index (χ1) is 32.7. The number of rotatable bonds is 15. The van der Waals surface area contributed by atoms with Gasteiger partial charge in [-0.05, 0) is 101 Å². The monoisotopic (exact) mass is 920 g/mol. The average molecular weight is 921 g/mol. The maximum Gasteiger partial charge on any atom is 0.264 e. The lowest BCUT2D eigenvalue weighted by molar-refractivity contribution is -0.149. The minimum atomic E-state index is -1.09. The number of para-hydroxylation sites is 1. The van der Waals surface area contributed by atoms with Crippen molar-refractivity contribution in [3.8, 4) is 28.8 Å². The topological polar surface area (TPSA) is 242 Å². The average Bonchev–Trinajstić information content (AvgIpc) is 3.86. The number of nitriles is 1. The van der Waals surface area contributed by atoms with E-state index in [0.29, 0.717) is 61.5 Å². The molecule has 6 amide bonds. The molecule has 0 spiro atoms. The fourth-order valence-electron chi connectivity index (χ4n) is 8.81. The molecule has 350 valence electrons. The zero-order chi connectivity index (χ0) is 48.3. The number of nitrogens with zero attached hydrogens (tertiary/aromatic N) is 9. The molecule has 1 unspecified atom stereocenters. The molecule has 2 saturated heterocycles. The quantitative estimate of drug-likeness (QED) is 0.0565. The number of anilines is 2. The lowest BCUT2D eigenvalue weighted by Crippen LogP contribution is -2.54. The molecule has 19 nitrogen and oxygen atoms in total. The maximum absolute atomic E-state index is 14.0. The number of carbonyl (C=O) groups excluding carboxylic acids is 6. The molecule has 19 heteroatoms. The first kappa shape index (κ1) is 46.5. The highest BCUT2D eigenvalue weighted by molar-refractivity contribution is 6.25. The molecule has 3 aromatic carbocycles. The van der Waals surface area contributed by atoms with Gasteiger partial charge < -0.3 is 26.0 Å². The van der Waals surface area contributed by atoms with Crippen LogP contribution >= 0.6 is 0 Å². The van der Waals surface area contributed by atoms with Crippen molar-refractivity contribution in [3.05, 3.63) is 102 Å². The van der Waals surface area contributed by atoms with Crippen molar-refractivity contribution in [2.45, 2.75) is 63.6 Å². The maximum atomic E-state index is 14.0. The fraction of sp³-hybridized carbons (Fsp3) is 0.347. The van der Waals surface area contributed by atoms with E-state index in [-0.39, 0.29) is 71.4 Å². The van der Waals surface area contributed by atoms with E-state index < -0.39 is 29.3 Å². The van der Waals surface area contributed by atoms with E-state index in [1.807, 2.05) is 85.1 Å². The molecule has 3 aliphatic heterocycles. The Hall–Kier alpha value is -7.98. The highest BCUT2D eigenvalue weighted by Gasteiger charge is 2.47. The number of hydrogen-bond donors (Lipinski definition) is 3. The van der Waals surface area contributed by atoms with Crippen LogP contribution in [0.15, 0.2) is 90.8 Å². The predicted molar refractivity (Wildman–Crippen MR) is 251 cm³/mol. The summed E-state index contributed by atoms with van der Waals surface area (Å²) in [5.74, 6) is -1.35. The van der Waals surface area contributed by atoms with Gasteiger partial charge in [-0.2, -0.15) is 10.4 Å². The Morgan fingerprint density at radius 1 is 0.985 bits per heavy atom. The van der Waals surface area contributed by atoms with Crippen molar-refractivity contribution in [1.82, 2.24) is 44.7 Å². The zero-order valence-electron chi connectivity index (χ0n) is 38.3. The number of benzene rings is 3. The van der Waals surface area contributed by atoms with Gasteiger partial charge in [-0.25, -0.2) is 14.6 Å². The van der Waals surface area contributed by atoms with Gasteiger partial charge in [0.25, 0.3) is 23.6 Å². The summed E-state index contributed by atoms with van der Waals surface area (Å²) in [5, 5.41) is 21.7. The second-order valence-electron chi connectivity index (χ2n) is 17.6. The molecule has 2 fully saturated rings. The van der Waals surface area contributed by atoms with Crippen LogP contribution in [0.3, 0.4) is 0 Å². The Bertz CT molecular complexity index is 2870. The van der Waals surface area contributed by atoms with Crippen LogP contribution in [-0.4, -0.2) is 133 Å². The molecule has 0 saturated carbocycles. The van der Waals surface area contributed by atoms with Crippen LogP contribution in [0.5, 0.6) is 11.5 Å². The number of imide groups is 2. The molecule has 5 heterocycles.